The van der Waals surface area contributed by atoms with Crippen molar-refractivity contribution in [2.75, 3.05) is 5.32 Å². The van der Waals surface area contributed by atoms with E-state index in [4.69, 9.17) is 23.2 Å². The van der Waals surface area contributed by atoms with Crippen LogP contribution in [0.5, 0.6) is 0 Å². The number of rotatable bonds is 3. The predicted molar refractivity (Wildman–Crippen MR) is 112 cm³/mol. The van der Waals surface area contributed by atoms with Gasteiger partial charge in [-0.25, -0.2) is 0 Å². The number of fused-ring (bicyclic) bond motifs is 1. The molecular weight excluding hydrogens is 397 g/mol. The van der Waals surface area contributed by atoms with Crippen LogP contribution < -0.4 is 10.9 Å². The van der Waals surface area contributed by atoms with E-state index in [2.05, 4.69) is 10.4 Å². The van der Waals surface area contributed by atoms with Gasteiger partial charge in [-0.2, -0.15) is 9.78 Å². The highest BCUT2D eigenvalue weighted by Gasteiger charge is 2.18. The lowest BCUT2D eigenvalue weighted by Gasteiger charge is -2.11. The van der Waals surface area contributed by atoms with E-state index in [0.717, 1.165) is 0 Å². The van der Waals surface area contributed by atoms with E-state index in [0.29, 0.717) is 32.2 Å². The third-order valence-electron chi connectivity index (χ3n) is 4.20. The Hall–Kier alpha value is -3.15. The number of aromatic nitrogens is 2. The summed E-state index contributed by atoms with van der Waals surface area (Å²) in [5.74, 6) is -0.459. The molecule has 0 saturated carbocycles. The van der Waals surface area contributed by atoms with Crippen LogP contribution in [0.2, 0.25) is 10.0 Å². The molecule has 138 valence electrons. The van der Waals surface area contributed by atoms with E-state index in [1.165, 1.54) is 4.68 Å². The van der Waals surface area contributed by atoms with E-state index in [-0.39, 0.29) is 11.3 Å². The SMILES string of the molecule is O=C(Nc1ccc(Cl)c(Cl)c1)c1nn(-c2ccccc2)c(=O)c2ccccc12. The van der Waals surface area contributed by atoms with Crippen LogP contribution in [0.4, 0.5) is 5.69 Å². The number of halogens is 2. The van der Waals surface area contributed by atoms with Crippen molar-refractivity contribution in [2.45, 2.75) is 0 Å². The van der Waals surface area contributed by atoms with Crippen molar-refractivity contribution in [3.8, 4) is 5.69 Å². The quantitative estimate of drug-likeness (QED) is 0.520. The first-order valence-corrected chi connectivity index (χ1v) is 9.14. The summed E-state index contributed by atoms with van der Waals surface area (Å²) in [5.41, 5.74) is 0.877. The number of para-hydroxylation sites is 1. The van der Waals surface area contributed by atoms with Gasteiger partial charge in [0.05, 0.1) is 21.1 Å². The normalized spacial score (nSPS) is 10.8. The minimum Gasteiger partial charge on any atom is -0.321 e. The minimum atomic E-state index is -0.459. The zero-order valence-corrected chi connectivity index (χ0v) is 15.9. The topological polar surface area (TPSA) is 64.0 Å². The molecule has 3 aromatic carbocycles. The Labute approximate surface area is 170 Å². The Morgan fingerprint density at radius 2 is 1.54 bits per heavy atom. The Kier molecular flexibility index (Phi) is 4.86. The Balaban J connectivity index is 1.86. The van der Waals surface area contributed by atoms with Crippen LogP contribution >= 0.6 is 23.2 Å². The summed E-state index contributed by atoms with van der Waals surface area (Å²) in [6, 6.07) is 20.6. The standard InChI is InChI=1S/C21H13Cl2N3O2/c22-17-11-10-13(12-18(17)23)24-20(27)19-15-8-4-5-9-16(15)21(28)26(25-19)14-6-2-1-3-7-14/h1-12H,(H,24,27). The number of anilines is 1. The van der Waals surface area contributed by atoms with Gasteiger partial charge in [0.2, 0.25) is 0 Å². The first-order chi connectivity index (χ1) is 13.5. The second-order valence-corrected chi connectivity index (χ2v) is 6.84. The molecule has 1 amide bonds. The molecule has 0 bridgehead atoms. The van der Waals surface area contributed by atoms with Crippen LogP contribution in [0.1, 0.15) is 10.5 Å². The van der Waals surface area contributed by atoms with Gasteiger partial charge in [0.25, 0.3) is 11.5 Å². The van der Waals surface area contributed by atoms with E-state index >= 15 is 0 Å². The molecule has 4 aromatic rings. The molecule has 5 nitrogen and oxygen atoms in total. The van der Waals surface area contributed by atoms with Crippen molar-refractivity contribution in [1.29, 1.82) is 0 Å². The maximum Gasteiger partial charge on any atom is 0.279 e. The van der Waals surface area contributed by atoms with Crippen LogP contribution in [0.15, 0.2) is 77.6 Å². The van der Waals surface area contributed by atoms with Gasteiger partial charge in [0.1, 0.15) is 0 Å². The molecule has 1 aromatic heterocycles. The molecule has 1 N–H and O–H groups in total. The summed E-state index contributed by atoms with van der Waals surface area (Å²) in [6.45, 7) is 0. The van der Waals surface area contributed by atoms with E-state index in [9.17, 15) is 9.59 Å². The van der Waals surface area contributed by atoms with Gasteiger partial charge in [-0.3, -0.25) is 9.59 Å². The highest BCUT2D eigenvalue weighted by molar-refractivity contribution is 6.42. The number of amides is 1. The summed E-state index contributed by atoms with van der Waals surface area (Å²) >= 11 is 11.9. The van der Waals surface area contributed by atoms with Crippen LogP contribution in [-0.4, -0.2) is 15.7 Å². The lowest BCUT2D eigenvalue weighted by molar-refractivity contribution is 0.102. The molecule has 0 atom stereocenters. The molecule has 1 heterocycles. The number of hydrogen-bond donors (Lipinski definition) is 1. The Morgan fingerprint density at radius 3 is 2.25 bits per heavy atom. The smallest absolute Gasteiger partial charge is 0.279 e. The fraction of sp³-hybridized carbons (Fsp3) is 0. The van der Waals surface area contributed by atoms with Gasteiger partial charge < -0.3 is 5.32 Å². The monoisotopic (exact) mass is 409 g/mol. The maximum atomic E-state index is 13.0. The van der Waals surface area contributed by atoms with Gasteiger partial charge >= 0.3 is 0 Å². The second-order valence-electron chi connectivity index (χ2n) is 6.03. The van der Waals surface area contributed by atoms with E-state index in [1.807, 2.05) is 6.07 Å². The zero-order valence-electron chi connectivity index (χ0n) is 14.4. The van der Waals surface area contributed by atoms with Crippen LogP contribution in [0, 0.1) is 0 Å². The first kappa shape index (κ1) is 18.2. The molecule has 0 spiro atoms. The van der Waals surface area contributed by atoms with Gasteiger partial charge in [-0.15, -0.1) is 0 Å². The van der Waals surface area contributed by atoms with Gasteiger partial charge in [-0.1, -0.05) is 59.6 Å². The lowest BCUT2D eigenvalue weighted by atomic mass is 10.1. The van der Waals surface area contributed by atoms with E-state index in [1.54, 1.807) is 66.7 Å². The van der Waals surface area contributed by atoms with Crippen molar-refractivity contribution in [3.05, 3.63) is 98.9 Å². The third kappa shape index (κ3) is 3.38. The van der Waals surface area contributed by atoms with Gasteiger partial charge in [-0.05, 0) is 36.4 Å². The number of nitrogens with one attached hydrogen (secondary N) is 1. The summed E-state index contributed by atoms with van der Waals surface area (Å²) in [7, 11) is 0. The average molecular weight is 410 g/mol. The fourth-order valence-electron chi connectivity index (χ4n) is 2.87. The Morgan fingerprint density at radius 1 is 0.857 bits per heavy atom. The molecule has 7 heteroatoms. The largest absolute Gasteiger partial charge is 0.321 e. The third-order valence-corrected chi connectivity index (χ3v) is 4.94. The number of carbonyl (C=O) groups excluding carboxylic acids is 1. The van der Waals surface area contributed by atoms with Crippen LogP contribution in [-0.2, 0) is 0 Å². The maximum absolute atomic E-state index is 13.0. The summed E-state index contributed by atoms with van der Waals surface area (Å²) in [5, 5.41) is 8.68. The van der Waals surface area contributed by atoms with Crippen molar-refractivity contribution in [1.82, 2.24) is 9.78 Å². The van der Waals surface area contributed by atoms with Crippen molar-refractivity contribution in [2.24, 2.45) is 0 Å². The summed E-state index contributed by atoms with van der Waals surface area (Å²) in [6.07, 6.45) is 0. The van der Waals surface area contributed by atoms with Crippen molar-refractivity contribution in [3.63, 3.8) is 0 Å². The molecular formula is C21H13Cl2N3O2. The van der Waals surface area contributed by atoms with Crippen LogP contribution in [0.3, 0.4) is 0 Å². The molecule has 0 aliphatic carbocycles. The van der Waals surface area contributed by atoms with Crippen LogP contribution in [0.25, 0.3) is 16.5 Å². The molecule has 0 fully saturated rings. The average Bonchev–Trinajstić information content (AvgIpc) is 2.72. The minimum absolute atomic E-state index is 0.130. The second kappa shape index (κ2) is 7.46. The fourth-order valence-corrected chi connectivity index (χ4v) is 3.16. The zero-order chi connectivity index (χ0) is 19.7. The van der Waals surface area contributed by atoms with Crippen molar-refractivity contribution < 1.29 is 4.79 Å². The summed E-state index contributed by atoms with van der Waals surface area (Å²) < 4.78 is 1.23. The predicted octanol–water partition coefficient (Wildman–Crippen LogP) is 4.94. The number of hydrogen-bond acceptors (Lipinski definition) is 3. The highest BCUT2D eigenvalue weighted by Crippen LogP contribution is 2.25. The van der Waals surface area contributed by atoms with Gasteiger partial charge in [0, 0.05) is 11.1 Å². The summed E-state index contributed by atoms with van der Waals surface area (Å²) in [4.78, 5) is 25.8. The Bertz CT molecular complexity index is 1250. The molecule has 0 radical (unpaired) electrons. The molecule has 0 unspecified atom stereocenters. The molecule has 0 saturated heterocycles. The van der Waals surface area contributed by atoms with Crippen molar-refractivity contribution >= 4 is 45.6 Å². The lowest BCUT2D eigenvalue weighted by Crippen LogP contribution is -2.26. The number of benzene rings is 3. The molecule has 4 rings (SSSR count). The first-order valence-electron chi connectivity index (χ1n) is 8.38. The van der Waals surface area contributed by atoms with Gasteiger partial charge in [0.15, 0.2) is 5.69 Å². The molecule has 28 heavy (non-hydrogen) atoms. The van der Waals surface area contributed by atoms with E-state index < -0.39 is 5.91 Å². The number of carbonyl (C=O) groups is 1. The highest BCUT2D eigenvalue weighted by atomic mass is 35.5. The molecule has 0 aliphatic heterocycles. The number of nitrogens with zero attached hydrogens (tertiary/aromatic N) is 2. The molecule has 0 aliphatic rings.